The van der Waals surface area contributed by atoms with Gasteiger partial charge in [0.15, 0.2) is 0 Å². The summed E-state index contributed by atoms with van der Waals surface area (Å²) in [6.45, 7) is 3.05. The molecule has 0 atom stereocenters. The van der Waals surface area contributed by atoms with E-state index in [1.54, 1.807) is 0 Å². The Morgan fingerprint density at radius 1 is 0.862 bits per heavy atom. The van der Waals surface area contributed by atoms with Crippen LogP contribution >= 0.6 is 0 Å². The number of benzene rings is 3. The van der Waals surface area contributed by atoms with E-state index < -0.39 is 0 Å². The van der Waals surface area contributed by atoms with E-state index in [2.05, 4.69) is 82.5 Å². The summed E-state index contributed by atoms with van der Waals surface area (Å²) in [5, 5.41) is 7.09. The number of rotatable bonds is 4. The first kappa shape index (κ1) is 17.3. The highest BCUT2D eigenvalue weighted by Crippen LogP contribution is 2.34. The Labute approximate surface area is 169 Å². The predicted molar refractivity (Wildman–Crippen MR) is 121 cm³/mol. The molecule has 0 saturated carbocycles. The zero-order chi connectivity index (χ0) is 19.8. The molecule has 0 fully saturated rings. The van der Waals surface area contributed by atoms with Crippen molar-refractivity contribution >= 4 is 38.7 Å². The highest BCUT2D eigenvalue weighted by atomic mass is 15.0. The maximum absolute atomic E-state index is 6.18. The van der Waals surface area contributed by atoms with Crippen LogP contribution in [0.1, 0.15) is 6.92 Å². The van der Waals surface area contributed by atoms with Gasteiger partial charge in [-0.3, -0.25) is 0 Å². The summed E-state index contributed by atoms with van der Waals surface area (Å²) >= 11 is 0. The molecule has 0 aliphatic carbocycles. The van der Waals surface area contributed by atoms with Crippen molar-refractivity contribution in [3.63, 3.8) is 0 Å². The first-order valence-corrected chi connectivity index (χ1v) is 9.88. The molecule has 2 aromatic heterocycles. The summed E-state index contributed by atoms with van der Waals surface area (Å²) in [5.41, 5.74) is 12.7. The van der Waals surface area contributed by atoms with Crippen LogP contribution in [0.15, 0.2) is 85.2 Å². The molecule has 0 radical (unpaired) electrons. The Morgan fingerprint density at radius 2 is 1.69 bits per heavy atom. The molecular weight excluding hydrogens is 356 g/mol. The number of hydrogen-bond acceptors (Lipinski definition) is 2. The molecular formula is C25H23N4+. The minimum atomic E-state index is 0.780. The zero-order valence-electron chi connectivity index (χ0n) is 16.3. The van der Waals surface area contributed by atoms with Crippen LogP contribution in [0.25, 0.3) is 32.9 Å². The molecule has 0 bridgehead atoms. The van der Waals surface area contributed by atoms with Crippen LogP contribution in [0, 0.1) is 0 Å². The Bertz CT molecular complexity index is 1310. The summed E-state index contributed by atoms with van der Waals surface area (Å²) < 4.78 is 2.38. The number of nitrogens with zero attached hydrogens (tertiary/aromatic N) is 1. The van der Waals surface area contributed by atoms with E-state index in [-0.39, 0.29) is 0 Å². The van der Waals surface area contributed by atoms with Crippen LogP contribution in [0.4, 0.5) is 17.1 Å². The molecule has 0 unspecified atom stereocenters. The van der Waals surface area contributed by atoms with Crippen molar-refractivity contribution in [3.05, 3.63) is 85.2 Å². The number of aromatic amines is 1. The van der Waals surface area contributed by atoms with Gasteiger partial charge in [-0.2, -0.15) is 4.57 Å². The summed E-state index contributed by atoms with van der Waals surface area (Å²) in [6, 6.07) is 25.4. The number of nitrogens with one attached hydrogen (secondary N) is 2. The lowest BCUT2D eigenvalue weighted by atomic mass is 9.98. The van der Waals surface area contributed by atoms with E-state index in [9.17, 15) is 0 Å². The second-order valence-electron chi connectivity index (χ2n) is 7.22. The van der Waals surface area contributed by atoms with Crippen LogP contribution in [-0.4, -0.2) is 4.98 Å². The lowest BCUT2D eigenvalue weighted by molar-refractivity contribution is -0.655. The van der Waals surface area contributed by atoms with E-state index in [4.69, 9.17) is 5.73 Å². The third-order valence-corrected chi connectivity index (χ3v) is 5.40. The molecule has 142 valence electrons. The zero-order valence-corrected chi connectivity index (χ0v) is 16.3. The Balaban J connectivity index is 1.85. The Morgan fingerprint density at radius 3 is 2.45 bits per heavy atom. The Hall–Kier alpha value is -3.79. The second kappa shape index (κ2) is 6.99. The van der Waals surface area contributed by atoms with Gasteiger partial charge >= 0.3 is 0 Å². The standard InChI is InChI=1S/C25H22N4/c1-2-29-24-15-19(28-20-12-13-27-16-20)9-11-22(24)21-10-8-18(26)14-23(21)25(29)17-6-4-3-5-7-17/h3-16,27H,2,26H2,1H3/p+1. The number of aryl methyl sites for hydroxylation is 1. The average Bonchev–Trinajstić information content (AvgIpc) is 3.26. The summed E-state index contributed by atoms with van der Waals surface area (Å²) in [4.78, 5) is 3.09. The van der Waals surface area contributed by atoms with Crippen molar-refractivity contribution < 1.29 is 4.57 Å². The largest absolute Gasteiger partial charge is 0.399 e. The van der Waals surface area contributed by atoms with E-state index in [1.165, 1.54) is 32.9 Å². The number of anilines is 3. The first-order valence-electron chi connectivity index (χ1n) is 9.88. The van der Waals surface area contributed by atoms with Gasteiger partial charge in [-0.1, -0.05) is 24.3 Å². The van der Waals surface area contributed by atoms with Crippen LogP contribution in [0.3, 0.4) is 0 Å². The van der Waals surface area contributed by atoms with Gasteiger partial charge in [0.25, 0.3) is 0 Å². The van der Waals surface area contributed by atoms with Crippen molar-refractivity contribution in [3.8, 4) is 11.3 Å². The van der Waals surface area contributed by atoms with Gasteiger partial charge in [0.2, 0.25) is 11.2 Å². The average molecular weight is 379 g/mol. The minimum absolute atomic E-state index is 0.780. The number of pyridine rings is 1. The fourth-order valence-corrected chi connectivity index (χ4v) is 4.12. The van der Waals surface area contributed by atoms with Crippen molar-refractivity contribution in [1.82, 2.24) is 4.98 Å². The van der Waals surface area contributed by atoms with E-state index in [0.717, 1.165) is 23.6 Å². The number of H-pyrrole nitrogens is 1. The molecule has 4 nitrogen and oxygen atoms in total. The van der Waals surface area contributed by atoms with Crippen LogP contribution < -0.4 is 15.6 Å². The first-order chi connectivity index (χ1) is 14.2. The highest BCUT2D eigenvalue weighted by molar-refractivity contribution is 6.10. The minimum Gasteiger partial charge on any atom is -0.399 e. The van der Waals surface area contributed by atoms with Gasteiger partial charge in [-0.05, 0) is 49.4 Å². The van der Waals surface area contributed by atoms with Crippen LogP contribution in [0.2, 0.25) is 0 Å². The molecule has 0 saturated heterocycles. The van der Waals surface area contributed by atoms with Crippen LogP contribution in [-0.2, 0) is 6.54 Å². The normalized spacial score (nSPS) is 11.2. The van der Waals surface area contributed by atoms with Crippen molar-refractivity contribution in [1.29, 1.82) is 0 Å². The fourth-order valence-electron chi connectivity index (χ4n) is 4.12. The van der Waals surface area contributed by atoms with E-state index in [1.807, 2.05) is 24.5 Å². The topological polar surface area (TPSA) is 57.7 Å². The van der Waals surface area contributed by atoms with Crippen molar-refractivity contribution in [2.45, 2.75) is 13.5 Å². The number of fused-ring (bicyclic) bond motifs is 3. The summed E-state index contributed by atoms with van der Waals surface area (Å²) in [7, 11) is 0. The summed E-state index contributed by atoms with van der Waals surface area (Å²) in [6.07, 6.45) is 3.87. The van der Waals surface area contributed by atoms with Gasteiger partial charge in [0.1, 0.15) is 6.54 Å². The van der Waals surface area contributed by atoms with Crippen molar-refractivity contribution in [2.75, 3.05) is 11.1 Å². The van der Waals surface area contributed by atoms with Gasteiger partial charge in [0, 0.05) is 40.8 Å². The third kappa shape index (κ3) is 2.99. The van der Waals surface area contributed by atoms with Gasteiger partial charge < -0.3 is 16.0 Å². The molecule has 5 rings (SSSR count). The smallest absolute Gasteiger partial charge is 0.220 e. The van der Waals surface area contributed by atoms with Gasteiger partial charge in [-0.25, -0.2) is 0 Å². The van der Waals surface area contributed by atoms with Gasteiger partial charge in [0.05, 0.1) is 16.5 Å². The lowest BCUT2D eigenvalue weighted by Crippen LogP contribution is -2.36. The molecule has 4 N–H and O–H groups in total. The fraction of sp³-hybridized carbons (Fsp3) is 0.0800. The van der Waals surface area contributed by atoms with Crippen LogP contribution in [0.5, 0.6) is 0 Å². The van der Waals surface area contributed by atoms with E-state index in [0.29, 0.717) is 0 Å². The SMILES string of the molecule is CC[n+]1c(-c2ccccc2)c2cc(N)ccc2c2ccc(Nc3cc[nH]c3)cc21. The number of nitrogens with two attached hydrogens (primary N) is 1. The molecule has 29 heavy (non-hydrogen) atoms. The number of aromatic nitrogens is 2. The summed E-state index contributed by atoms with van der Waals surface area (Å²) in [5.74, 6) is 0. The molecule has 5 aromatic rings. The molecule has 0 amide bonds. The van der Waals surface area contributed by atoms with Crippen molar-refractivity contribution in [2.24, 2.45) is 0 Å². The Kier molecular flexibility index (Phi) is 4.17. The molecule has 0 aliphatic heterocycles. The number of nitrogen functional groups attached to an aromatic ring is 1. The maximum atomic E-state index is 6.18. The van der Waals surface area contributed by atoms with Gasteiger partial charge in [-0.15, -0.1) is 0 Å². The monoisotopic (exact) mass is 379 g/mol. The quantitative estimate of drug-likeness (QED) is 0.216. The molecule has 4 heteroatoms. The predicted octanol–water partition coefficient (Wildman–Crippen LogP) is 5.62. The molecule has 0 spiro atoms. The third-order valence-electron chi connectivity index (χ3n) is 5.40. The molecule has 2 heterocycles. The van der Waals surface area contributed by atoms with E-state index >= 15 is 0 Å². The highest BCUT2D eigenvalue weighted by Gasteiger charge is 2.22. The maximum Gasteiger partial charge on any atom is 0.220 e. The molecule has 0 aliphatic rings. The number of hydrogen-bond donors (Lipinski definition) is 3. The lowest BCUT2D eigenvalue weighted by Gasteiger charge is -2.13. The molecule has 3 aromatic carbocycles. The second-order valence-corrected chi connectivity index (χ2v) is 7.22.